The summed E-state index contributed by atoms with van der Waals surface area (Å²) in [4.78, 5) is 12.8. The maximum atomic E-state index is 12.8. The summed E-state index contributed by atoms with van der Waals surface area (Å²) < 4.78 is 4.46. The second kappa shape index (κ2) is 10.9. The molecule has 19 heavy (non-hydrogen) atoms. The zero-order valence-electron chi connectivity index (χ0n) is 13.8. The number of carbonyl (C=O) groups excluding carboxylic acids is 1. The van der Waals surface area contributed by atoms with Crippen molar-refractivity contribution in [2.45, 2.75) is 86.5 Å². The Balaban J connectivity index is 5.07. The van der Waals surface area contributed by atoms with Gasteiger partial charge in [0.25, 0.3) is 0 Å². The molecule has 0 saturated heterocycles. The molecule has 0 N–H and O–H groups in total. The zero-order chi connectivity index (χ0) is 14.7. The van der Waals surface area contributed by atoms with Gasteiger partial charge in [-0.3, -0.25) is 0 Å². The van der Waals surface area contributed by atoms with Crippen molar-refractivity contribution in [1.29, 1.82) is 0 Å². The molecule has 0 bridgehead atoms. The Hall–Kier alpha value is 0.209. The van der Waals surface area contributed by atoms with Gasteiger partial charge in [0, 0.05) is 0 Å². The van der Waals surface area contributed by atoms with Gasteiger partial charge in [-0.05, 0) is 0 Å². The van der Waals surface area contributed by atoms with E-state index in [-0.39, 0.29) is 0 Å². The van der Waals surface area contributed by atoms with E-state index in [0.717, 1.165) is 0 Å². The van der Waals surface area contributed by atoms with E-state index in [0.29, 0.717) is 3.80 Å². The second-order valence-electron chi connectivity index (χ2n) is 6.18. The summed E-state index contributed by atoms with van der Waals surface area (Å²) in [6.45, 7) is 10.9. The van der Waals surface area contributed by atoms with Crippen LogP contribution in [0.2, 0.25) is 13.3 Å². The fourth-order valence-electron chi connectivity index (χ4n) is 2.71. The Morgan fingerprint density at radius 2 is 1.21 bits per heavy atom. The molecule has 0 aromatic heterocycles. The summed E-state index contributed by atoms with van der Waals surface area (Å²) in [5, 5.41) is 0. The molecule has 0 spiro atoms. The standard InChI is InChI=1S/C5H7O.3C4H9.Sn/c1-5(2)3-4-6;3*1-3-4-2;/h3H,1-2H3;3*1,3-4H2,2H3;. The van der Waals surface area contributed by atoms with Crippen LogP contribution in [0.1, 0.15) is 73.1 Å². The van der Waals surface area contributed by atoms with Gasteiger partial charge in [-0.25, -0.2) is 0 Å². The number of unbranched alkanes of at least 4 members (excludes halogenated alkanes) is 3. The van der Waals surface area contributed by atoms with Crippen LogP contribution in [0.25, 0.3) is 0 Å². The van der Waals surface area contributed by atoms with E-state index < -0.39 is 18.4 Å². The second-order valence-corrected chi connectivity index (χ2v) is 19.2. The number of allylic oxidation sites excluding steroid dienone is 2. The Morgan fingerprint density at radius 1 is 0.842 bits per heavy atom. The van der Waals surface area contributed by atoms with E-state index in [1.165, 1.54) is 57.4 Å². The number of hydrogen-bond donors (Lipinski definition) is 0. The summed E-state index contributed by atoms with van der Waals surface area (Å²) in [5.74, 6) is 0. The third-order valence-corrected chi connectivity index (χ3v) is 18.6. The fraction of sp³-hybridized carbons (Fsp3) is 0.824. The SMILES string of the molecule is CCC[CH2][Sn]([CH2]CCC)([CH2]CCC)[C](=O)C=C(C)C. The first-order valence-corrected chi connectivity index (χ1v) is 15.7. The van der Waals surface area contributed by atoms with Gasteiger partial charge in [-0.1, -0.05) is 0 Å². The molecule has 1 nitrogen and oxygen atoms in total. The first kappa shape index (κ1) is 19.2. The molecule has 0 unspecified atom stereocenters. The Morgan fingerprint density at radius 3 is 1.47 bits per heavy atom. The van der Waals surface area contributed by atoms with Crippen LogP contribution in [-0.4, -0.2) is 22.2 Å². The van der Waals surface area contributed by atoms with E-state index >= 15 is 0 Å². The molecule has 0 amide bonds. The fourth-order valence-corrected chi connectivity index (χ4v) is 17.5. The summed E-state index contributed by atoms with van der Waals surface area (Å²) in [5.41, 5.74) is 1.19. The molecule has 0 saturated carbocycles. The molecule has 0 aromatic carbocycles. The van der Waals surface area contributed by atoms with Crippen molar-refractivity contribution in [1.82, 2.24) is 0 Å². The van der Waals surface area contributed by atoms with Crippen LogP contribution >= 0.6 is 0 Å². The molecule has 112 valence electrons. The van der Waals surface area contributed by atoms with E-state index in [1.807, 2.05) is 6.08 Å². The molecular formula is C17H34OSn. The van der Waals surface area contributed by atoms with Crippen molar-refractivity contribution in [3.05, 3.63) is 11.6 Å². The third kappa shape index (κ3) is 7.53. The van der Waals surface area contributed by atoms with E-state index in [9.17, 15) is 4.79 Å². The number of rotatable bonds is 11. The van der Waals surface area contributed by atoms with Gasteiger partial charge in [-0.2, -0.15) is 0 Å². The van der Waals surface area contributed by atoms with Gasteiger partial charge in [-0.15, -0.1) is 0 Å². The normalized spacial score (nSPS) is 11.4. The monoisotopic (exact) mass is 374 g/mol. The van der Waals surface area contributed by atoms with Crippen LogP contribution in [-0.2, 0) is 4.79 Å². The quantitative estimate of drug-likeness (QED) is 0.325. The van der Waals surface area contributed by atoms with Crippen LogP contribution in [0, 0.1) is 0 Å². The summed E-state index contributed by atoms with van der Waals surface area (Å²) in [6.07, 6.45) is 9.50. The van der Waals surface area contributed by atoms with Crippen molar-refractivity contribution in [2.75, 3.05) is 0 Å². The van der Waals surface area contributed by atoms with Crippen molar-refractivity contribution in [3.8, 4) is 0 Å². The summed E-state index contributed by atoms with van der Waals surface area (Å²) in [6, 6.07) is 0. The summed E-state index contributed by atoms with van der Waals surface area (Å²) >= 11 is -2.59. The van der Waals surface area contributed by atoms with E-state index in [1.54, 1.807) is 0 Å². The molecule has 0 aromatic rings. The van der Waals surface area contributed by atoms with Gasteiger partial charge < -0.3 is 0 Å². The third-order valence-electron chi connectivity index (χ3n) is 3.97. The van der Waals surface area contributed by atoms with Crippen LogP contribution in [0.4, 0.5) is 0 Å². The van der Waals surface area contributed by atoms with Gasteiger partial charge in [0.15, 0.2) is 0 Å². The van der Waals surface area contributed by atoms with Gasteiger partial charge in [0.1, 0.15) is 0 Å². The summed E-state index contributed by atoms with van der Waals surface area (Å²) in [7, 11) is 0. The Labute approximate surface area is 125 Å². The number of hydrogen-bond acceptors (Lipinski definition) is 1. The molecule has 2 heteroatoms. The first-order chi connectivity index (χ1) is 9.02. The molecule has 0 heterocycles. The van der Waals surface area contributed by atoms with Crippen LogP contribution in [0.15, 0.2) is 11.6 Å². The Kier molecular flexibility index (Phi) is 11.1. The Bertz CT molecular complexity index is 255. The minimum atomic E-state index is -2.59. The average molecular weight is 373 g/mol. The molecule has 0 radical (unpaired) electrons. The molecule has 0 aliphatic carbocycles. The van der Waals surface area contributed by atoms with Crippen LogP contribution in [0.5, 0.6) is 0 Å². The predicted octanol–water partition coefficient (Wildman–Crippen LogP) is 5.91. The predicted molar refractivity (Wildman–Crippen MR) is 89.3 cm³/mol. The number of carbonyl (C=O) groups is 1. The van der Waals surface area contributed by atoms with Crippen molar-refractivity contribution in [2.24, 2.45) is 0 Å². The van der Waals surface area contributed by atoms with Gasteiger partial charge in [0.05, 0.1) is 0 Å². The van der Waals surface area contributed by atoms with Crippen molar-refractivity contribution >= 4 is 22.2 Å². The van der Waals surface area contributed by atoms with Crippen LogP contribution in [0.3, 0.4) is 0 Å². The van der Waals surface area contributed by atoms with Crippen molar-refractivity contribution in [3.63, 3.8) is 0 Å². The average Bonchev–Trinajstić information content (AvgIpc) is 2.37. The topological polar surface area (TPSA) is 17.1 Å². The molecule has 0 rings (SSSR count). The van der Waals surface area contributed by atoms with Crippen molar-refractivity contribution < 1.29 is 4.79 Å². The molecule has 0 fully saturated rings. The molecular weight excluding hydrogens is 339 g/mol. The molecule has 0 aliphatic rings. The van der Waals surface area contributed by atoms with E-state index in [2.05, 4.69) is 34.6 Å². The van der Waals surface area contributed by atoms with E-state index in [4.69, 9.17) is 0 Å². The maximum absolute atomic E-state index is 12.8. The molecule has 0 aliphatic heterocycles. The minimum absolute atomic E-state index is 0.602. The zero-order valence-corrected chi connectivity index (χ0v) is 16.7. The van der Waals surface area contributed by atoms with Gasteiger partial charge >= 0.3 is 125 Å². The first-order valence-electron chi connectivity index (χ1n) is 8.21. The molecule has 0 atom stereocenters. The van der Waals surface area contributed by atoms with Gasteiger partial charge in [0.2, 0.25) is 0 Å². The van der Waals surface area contributed by atoms with Crippen LogP contribution < -0.4 is 0 Å².